The molecule has 0 bridgehead atoms. The number of amides is 1. The number of morpholine rings is 1. The lowest BCUT2D eigenvalue weighted by Gasteiger charge is -2.46. The highest BCUT2D eigenvalue weighted by Crippen LogP contribution is 2.23. The third-order valence-electron chi connectivity index (χ3n) is 4.70. The summed E-state index contributed by atoms with van der Waals surface area (Å²) in [5.41, 5.74) is 0.736. The van der Waals surface area contributed by atoms with Crippen LogP contribution in [0.3, 0.4) is 0 Å². The van der Waals surface area contributed by atoms with Crippen LogP contribution in [0, 0.1) is 5.82 Å². The van der Waals surface area contributed by atoms with Gasteiger partial charge in [-0.2, -0.15) is 0 Å². The Bertz CT molecular complexity index is 531. The van der Waals surface area contributed by atoms with Crippen LogP contribution in [0.4, 0.5) is 4.39 Å². The SMILES string of the molecule is CCN1CCO[C@H]2CCN(C(=O)Cc3cccc(F)c3)C[C@@H]21. The maximum atomic E-state index is 13.2. The Labute approximate surface area is 130 Å². The number of carbonyl (C=O) groups excluding carboxylic acids is 1. The van der Waals surface area contributed by atoms with Gasteiger partial charge in [-0.05, 0) is 30.7 Å². The largest absolute Gasteiger partial charge is 0.375 e. The number of piperidine rings is 1. The van der Waals surface area contributed by atoms with E-state index < -0.39 is 0 Å². The molecular formula is C17H23FN2O2. The zero-order chi connectivity index (χ0) is 15.5. The number of fused-ring (bicyclic) bond motifs is 1. The van der Waals surface area contributed by atoms with Crippen LogP contribution in [-0.2, 0) is 16.0 Å². The fraction of sp³-hybridized carbons (Fsp3) is 0.588. The van der Waals surface area contributed by atoms with E-state index in [0.717, 1.165) is 38.2 Å². The van der Waals surface area contributed by atoms with Crippen LogP contribution in [0.5, 0.6) is 0 Å². The molecule has 0 unspecified atom stereocenters. The summed E-state index contributed by atoms with van der Waals surface area (Å²) in [7, 11) is 0. The fourth-order valence-electron chi connectivity index (χ4n) is 3.49. The van der Waals surface area contributed by atoms with Crippen molar-refractivity contribution in [3.63, 3.8) is 0 Å². The van der Waals surface area contributed by atoms with E-state index in [2.05, 4.69) is 11.8 Å². The number of benzene rings is 1. The van der Waals surface area contributed by atoms with Crippen LogP contribution in [0.1, 0.15) is 18.9 Å². The molecule has 2 aliphatic rings. The molecule has 120 valence electrons. The van der Waals surface area contributed by atoms with Crippen molar-refractivity contribution >= 4 is 5.91 Å². The van der Waals surface area contributed by atoms with Gasteiger partial charge in [-0.15, -0.1) is 0 Å². The standard InChI is InChI=1S/C17H23FN2O2/c1-2-19-8-9-22-16-6-7-20(12-15(16)19)17(21)11-13-4-3-5-14(18)10-13/h3-5,10,15-16H,2,6-9,11-12H2,1H3/t15-,16-/m0/s1. The zero-order valence-corrected chi connectivity index (χ0v) is 13.0. The average molecular weight is 306 g/mol. The predicted octanol–water partition coefficient (Wildman–Crippen LogP) is 1.69. The van der Waals surface area contributed by atoms with E-state index in [0.29, 0.717) is 12.6 Å². The molecule has 0 aliphatic carbocycles. The van der Waals surface area contributed by atoms with Gasteiger partial charge in [0.2, 0.25) is 5.91 Å². The first kappa shape index (κ1) is 15.4. The Hall–Kier alpha value is -1.46. The van der Waals surface area contributed by atoms with E-state index in [1.165, 1.54) is 12.1 Å². The van der Waals surface area contributed by atoms with E-state index in [4.69, 9.17) is 4.74 Å². The minimum absolute atomic E-state index is 0.0747. The Morgan fingerprint density at radius 2 is 2.27 bits per heavy atom. The summed E-state index contributed by atoms with van der Waals surface area (Å²) in [6.07, 6.45) is 1.39. The van der Waals surface area contributed by atoms with Gasteiger partial charge in [0.15, 0.2) is 0 Å². The maximum absolute atomic E-state index is 13.2. The van der Waals surface area contributed by atoms with Gasteiger partial charge in [0.05, 0.1) is 25.2 Å². The molecule has 2 saturated heterocycles. The van der Waals surface area contributed by atoms with Crippen LogP contribution >= 0.6 is 0 Å². The highest BCUT2D eigenvalue weighted by atomic mass is 19.1. The second-order valence-corrected chi connectivity index (χ2v) is 6.04. The third kappa shape index (κ3) is 3.31. The summed E-state index contributed by atoms with van der Waals surface area (Å²) in [5.74, 6) is -0.215. The number of likely N-dealkylation sites (tertiary alicyclic amines) is 1. The van der Waals surface area contributed by atoms with Crippen LogP contribution in [0.15, 0.2) is 24.3 Å². The Balaban J connectivity index is 1.64. The molecule has 1 aromatic rings. The lowest BCUT2D eigenvalue weighted by molar-refractivity contribution is -0.141. The molecule has 2 fully saturated rings. The van der Waals surface area contributed by atoms with Crippen molar-refractivity contribution in [2.45, 2.75) is 31.9 Å². The van der Waals surface area contributed by atoms with E-state index in [9.17, 15) is 9.18 Å². The molecule has 1 aromatic carbocycles. The van der Waals surface area contributed by atoms with Crippen molar-refractivity contribution < 1.29 is 13.9 Å². The maximum Gasteiger partial charge on any atom is 0.227 e. The quantitative estimate of drug-likeness (QED) is 0.852. The summed E-state index contributed by atoms with van der Waals surface area (Å²) < 4.78 is 19.1. The van der Waals surface area contributed by atoms with Crippen LogP contribution in [0.2, 0.25) is 0 Å². The van der Waals surface area contributed by atoms with Gasteiger partial charge in [0.1, 0.15) is 5.82 Å². The molecule has 4 nitrogen and oxygen atoms in total. The van der Waals surface area contributed by atoms with Gasteiger partial charge in [-0.25, -0.2) is 4.39 Å². The lowest BCUT2D eigenvalue weighted by Crippen LogP contribution is -2.60. The molecule has 22 heavy (non-hydrogen) atoms. The van der Waals surface area contributed by atoms with Gasteiger partial charge in [-0.1, -0.05) is 19.1 Å². The van der Waals surface area contributed by atoms with Crippen LogP contribution < -0.4 is 0 Å². The Morgan fingerprint density at radius 1 is 1.41 bits per heavy atom. The van der Waals surface area contributed by atoms with E-state index in [1.807, 2.05) is 4.90 Å². The number of halogens is 1. The number of rotatable bonds is 3. The smallest absolute Gasteiger partial charge is 0.227 e. The molecule has 5 heteroatoms. The number of hydrogen-bond acceptors (Lipinski definition) is 3. The predicted molar refractivity (Wildman–Crippen MR) is 82.1 cm³/mol. The van der Waals surface area contributed by atoms with Crippen molar-refractivity contribution in [2.24, 2.45) is 0 Å². The number of hydrogen-bond donors (Lipinski definition) is 0. The molecule has 0 N–H and O–H groups in total. The normalized spacial score (nSPS) is 25.8. The molecular weight excluding hydrogens is 283 g/mol. The second kappa shape index (κ2) is 6.75. The topological polar surface area (TPSA) is 32.8 Å². The van der Waals surface area contributed by atoms with Gasteiger partial charge < -0.3 is 9.64 Å². The van der Waals surface area contributed by atoms with Gasteiger partial charge in [-0.3, -0.25) is 9.69 Å². The van der Waals surface area contributed by atoms with Crippen molar-refractivity contribution in [1.29, 1.82) is 0 Å². The minimum Gasteiger partial charge on any atom is -0.375 e. The summed E-state index contributed by atoms with van der Waals surface area (Å²) in [6, 6.07) is 6.59. The average Bonchev–Trinajstić information content (AvgIpc) is 2.53. The molecule has 0 aromatic heterocycles. The molecule has 2 aliphatic heterocycles. The highest BCUT2D eigenvalue weighted by molar-refractivity contribution is 5.79. The first-order valence-electron chi connectivity index (χ1n) is 8.05. The molecule has 0 spiro atoms. The monoisotopic (exact) mass is 306 g/mol. The van der Waals surface area contributed by atoms with Crippen molar-refractivity contribution in [3.8, 4) is 0 Å². The number of carbonyl (C=O) groups is 1. The Morgan fingerprint density at radius 3 is 3.05 bits per heavy atom. The third-order valence-corrected chi connectivity index (χ3v) is 4.70. The van der Waals surface area contributed by atoms with Crippen molar-refractivity contribution in [2.75, 3.05) is 32.8 Å². The number of nitrogens with zero attached hydrogens (tertiary/aromatic N) is 2. The summed E-state index contributed by atoms with van der Waals surface area (Å²) >= 11 is 0. The first-order valence-corrected chi connectivity index (χ1v) is 8.05. The molecule has 0 saturated carbocycles. The Kier molecular flexibility index (Phi) is 4.74. The van der Waals surface area contributed by atoms with Gasteiger partial charge >= 0.3 is 0 Å². The summed E-state index contributed by atoms with van der Waals surface area (Å²) in [5, 5.41) is 0. The van der Waals surface area contributed by atoms with Crippen LogP contribution in [0.25, 0.3) is 0 Å². The number of ether oxygens (including phenoxy) is 1. The first-order chi connectivity index (χ1) is 10.7. The minimum atomic E-state index is -0.290. The summed E-state index contributed by atoms with van der Waals surface area (Å²) in [6.45, 7) is 6.29. The molecule has 2 heterocycles. The van der Waals surface area contributed by atoms with E-state index in [-0.39, 0.29) is 24.2 Å². The molecule has 1 amide bonds. The van der Waals surface area contributed by atoms with E-state index >= 15 is 0 Å². The van der Waals surface area contributed by atoms with Crippen molar-refractivity contribution in [1.82, 2.24) is 9.80 Å². The molecule has 0 radical (unpaired) electrons. The zero-order valence-electron chi connectivity index (χ0n) is 13.0. The van der Waals surface area contributed by atoms with Crippen LogP contribution in [-0.4, -0.2) is 60.6 Å². The van der Waals surface area contributed by atoms with E-state index in [1.54, 1.807) is 12.1 Å². The highest BCUT2D eigenvalue weighted by Gasteiger charge is 2.37. The molecule has 2 atom stereocenters. The lowest BCUT2D eigenvalue weighted by atomic mass is 9.98. The second-order valence-electron chi connectivity index (χ2n) is 6.04. The summed E-state index contributed by atoms with van der Waals surface area (Å²) in [4.78, 5) is 16.8. The van der Waals surface area contributed by atoms with Gasteiger partial charge in [0, 0.05) is 19.6 Å². The number of likely N-dealkylation sites (N-methyl/N-ethyl adjacent to an activating group) is 1. The van der Waals surface area contributed by atoms with Crippen molar-refractivity contribution in [3.05, 3.63) is 35.6 Å². The van der Waals surface area contributed by atoms with Gasteiger partial charge in [0.25, 0.3) is 0 Å². The fourth-order valence-corrected chi connectivity index (χ4v) is 3.49. The molecule has 3 rings (SSSR count).